The molecule has 2 unspecified atom stereocenters. The molecule has 2 heterocycles. The fourth-order valence-electron chi connectivity index (χ4n) is 5.19. The quantitative estimate of drug-likeness (QED) is 0.311. The lowest BCUT2D eigenvalue weighted by Gasteiger charge is -2.37. The number of nitrogens with zero attached hydrogens (tertiary/aromatic N) is 2. The zero-order valence-electron chi connectivity index (χ0n) is 20.0. The Morgan fingerprint density at radius 3 is 2.00 bits per heavy atom. The minimum absolute atomic E-state index is 0.182. The second-order valence-electron chi connectivity index (χ2n) is 9.82. The standard InChI is InChI=1S/C27H39FN2O2/c1-4-5-6-7-8-9-10-11-16-30-26(31)24(22-12-14-23(28)15-13-22)25(27(30)32)29-18-20(2)17-21(3)19-29/h12-15,20-21H,4-11,16-19H2,1-3H3. The number of likely N-dealkylation sites (tertiary alicyclic amines) is 1. The van der Waals surface area contributed by atoms with E-state index in [0.29, 0.717) is 35.2 Å². The number of hydrogen-bond donors (Lipinski definition) is 0. The van der Waals surface area contributed by atoms with Crippen LogP contribution in [0.1, 0.15) is 84.1 Å². The Morgan fingerprint density at radius 1 is 0.844 bits per heavy atom. The molecule has 1 aromatic rings. The van der Waals surface area contributed by atoms with Crippen LogP contribution in [0.4, 0.5) is 4.39 Å². The van der Waals surface area contributed by atoms with Gasteiger partial charge < -0.3 is 4.90 Å². The van der Waals surface area contributed by atoms with Crippen LogP contribution in [0.15, 0.2) is 30.0 Å². The molecule has 0 spiro atoms. The van der Waals surface area contributed by atoms with E-state index in [0.717, 1.165) is 38.8 Å². The average Bonchev–Trinajstić information content (AvgIpc) is 3.00. The number of hydrogen-bond acceptors (Lipinski definition) is 3. The van der Waals surface area contributed by atoms with Gasteiger partial charge in [-0.05, 0) is 42.4 Å². The molecule has 2 atom stereocenters. The predicted molar refractivity (Wildman–Crippen MR) is 127 cm³/mol. The van der Waals surface area contributed by atoms with Gasteiger partial charge in [-0.3, -0.25) is 14.5 Å². The number of carbonyl (C=O) groups excluding carboxylic acids is 2. The molecule has 0 saturated carbocycles. The lowest BCUT2D eigenvalue weighted by Crippen LogP contribution is -2.42. The third-order valence-electron chi connectivity index (χ3n) is 6.70. The highest BCUT2D eigenvalue weighted by Gasteiger charge is 2.42. The highest BCUT2D eigenvalue weighted by Crippen LogP contribution is 2.35. The number of amides is 2. The molecular weight excluding hydrogens is 403 g/mol. The van der Waals surface area contributed by atoms with Gasteiger partial charge >= 0.3 is 0 Å². The maximum Gasteiger partial charge on any atom is 0.277 e. The molecule has 176 valence electrons. The third-order valence-corrected chi connectivity index (χ3v) is 6.70. The Labute approximate surface area is 192 Å². The molecule has 0 aliphatic carbocycles. The Hall–Kier alpha value is -2.17. The van der Waals surface area contributed by atoms with Crippen LogP contribution in [0.2, 0.25) is 0 Å². The minimum Gasteiger partial charge on any atom is -0.366 e. The van der Waals surface area contributed by atoms with Gasteiger partial charge in [0.05, 0.1) is 5.57 Å². The molecule has 1 saturated heterocycles. The van der Waals surface area contributed by atoms with E-state index in [4.69, 9.17) is 0 Å². The average molecular weight is 443 g/mol. The van der Waals surface area contributed by atoms with Crippen molar-refractivity contribution in [2.45, 2.75) is 78.6 Å². The summed E-state index contributed by atoms with van der Waals surface area (Å²) in [5.74, 6) is 0.170. The Bertz CT molecular complexity index is 807. The van der Waals surface area contributed by atoms with Crippen molar-refractivity contribution in [3.63, 3.8) is 0 Å². The van der Waals surface area contributed by atoms with E-state index in [-0.39, 0.29) is 17.6 Å². The first-order valence-electron chi connectivity index (χ1n) is 12.5. The largest absolute Gasteiger partial charge is 0.366 e. The van der Waals surface area contributed by atoms with Gasteiger partial charge in [-0.2, -0.15) is 0 Å². The molecule has 0 aromatic heterocycles. The summed E-state index contributed by atoms with van der Waals surface area (Å²) in [6, 6.07) is 5.96. The first-order chi connectivity index (χ1) is 15.4. The van der Waals surface area contributed by atoms with Gasteiger partial charge in [-0.25, -0.2) is 4.39 Å². The number of rotatable bonds is 11. The van der Waals surface area contributed by atoms with Crippen LogP contribution in [-0.4, -0.2) is 41.2 Å². The summed E-state index contributed by atoms with van der Waals surface area (Å²) in [5, 5.41) is 0. The number of carbonyl (C=O) groups is 2. The summed E-state index contributed by atoms with van der Waals surface area (Å²) in [4.78, 5) is 30.4. The summed E-state index contributed by atoms with van der Waals surface area (Å²) in [5.41, 5.74) is 1.58. The molecule has 0 radical (unpaired) electrons. The summed E-state index contributed by atoms with van der Waals surface area (Å²) in [6.07, 6.45) is 10.5. The van der Waals surface area contributed by atoms with Gasteiger partial charge in [0.15, 0.2) is 0 Å². The van der Waals surface area contributed by atoms with Crippen LogP contribution in [0.3, 0.4) is 0 Å². The van der Waals surface area contributed by atoms with Crippen molar-refractivity contribution in [2.75, 3.05) is 19.6 Å². The lowest BCUT2D eigenvalue weighted by atomic mass is 9.91. The second-order valence-corrected chi connectivity index (χ2v) is 9.82. The van der Waals surface area contributed by atoms with Crippen molar-refractivity contribution in [3.8, 4) is 0 Å². The first-order valence-corrected chi connectivity index (χ1v) is 12.5. The number of benzene rings is 1. The molecule has 2 amide bonds. The lowest BCUT2D eigenvalue weighted by molar-refractivity contribution is -0.137. The molecule has 0 bridgehead atoms. The minimum atomic E-state index is -0.344. The maximum absolute atomic E-state index is 13.5. The van der Waals surface area contributed by atoms with Crippen molar-refractivity contribution < 1.29 is 14.0 Å². The molecule has 1 aromatic carbocycles. The molecule has 4 nitrogen and oxygen atoms in total. The van der Waals surface area contributed by atoms with E-state index in [1.807, 2.05) is 0 Å². The SMILES string of the molecule is CCCCCCCCCCN1C(=O)C(c2ccc(F)cc2)=C(N2CC(C)CC(C)C2)C1=O. The van der Waals surface area contributed by atoms with Crippen molar-refractivity contribution in [1.82, 2.24) is 9.80 Å². The molecule has 5 heteroatoms. The summed E-state index contributed by atoms with van der Waals surface area (Å²) < 4.78 is 13.5. The highest BCUT2D eigenvalue weighted by atomic mass is 19.1. The van der Waals surface area contributed by atoms with E-state index >= 15 is 0 Å². The molecule has 1 fully saturated rings. The fraction of sp³-hybridized carbons (Fsp3) is 0.630. The molecule has 0 N–H and O–H groups in total. The van der Waals surface area contributed by atoms with Gasteiger partial charge in [0.2, 0.25) is 0 Å². The van der Waals surface area contributed by atoms with E-state index < -0.39 is 0 Å². The monoisotopic (exact) mass is 442 g/mol. The summed E-state index contributed by atoms with van der Waals surface area (Å²) >= 11 is 0. The van der Waals surface area contributed by atoms with E-state index in [9.17, 15) is 14.0 Å². The van der Waals surface area contributed by atoms with Crippen LogP contribution < -0.4 is 0 Å². The Morgan fingerprint density at radius 2 is 1.41 bits per heavy atom. The van der Waals surface area contributed by atoms with Crippen molar-refractivity contribution in [2.24, 2.45) is 11.8 Å². The van der Waals surface area contributed by atoms with E-state index in [2.05, 4.69) is 25.7 Å². The summed E-state index contributed by atoms with van der Waals surface area (Å²) in [6.45, 7) is 8.61. The normalized spacial score (nSPS) is 21.8. The highest BCUT2D eigenvalue weighted by molar-refractivity contribution is 6.35. The Kier molecular flexibility index (Phi) is 8.89. The smallest absolute Gasteiger partial charge is 0.277 e. The van der Waals surface area contributed by atoms with Gasteiger partial charge in [-0.1, -0.05) is 77.8 Å². The first kappa shape index (κ1) is 24.5. The van der Waals surface area contributed by atoms with Crippen LogP contribution in [-0.2, 0) is 9.59 Å². The molecular formula is C27H39FN2O2. The molecule has 2 aliphatic heterocycles. The topological polar surface area (TPSA) is 40.6 Å². The van der Waals surface area contributed by atoms with E-state index in [1.54, 1.807) is 12.1 Å². The second kappa shape index (κ2) is 11.6. The number of imide groups is 1. The molecule has 3 rings (SSSR count). The zero-order valence-corrected chi connectivity index (χ0v) is 20.0. The van der Waals surface area contributed by atoms with Gasteiger partial charge in [0, 0.05) is 19.6 Å². The predicted octanol–water partition coefficient (Wildman–Crippen LogP) is 6.02. The van der Waals surface area contributed by atoms with Crippen LogP contribution in [0.25, 0.3) is 5.57 Å². The van der Waals surface area contributed by atoms with Gasteiger partial charge in [-0.15, -0.1) is 0 Å². The molecule has 2 aliphatic rings. The van der Waals surface area contributed by atoms with Gasteiger partial charge in [0.1, 0.15) is 11.5 Å². The maximum atomic E-state index is 13.5. The van der Waals surface area contributed by atoms with Crippen LogP contribution in [0, 0.1) is 17.7 Å². The van der Waals surface area contributed by atoms with Gasteiger partial charge in [0.25, 0.3) is 11.8 Å². The number of piperidine rings is 1. The van der Waals surface area contributed by atoms with E-state index in [1.165, 1.54) is 49.1 Å². The van der Waals surface area contributed by atoms with Crippen molar-refractivity contribution >= 4 is 17.4 Å². The zero-order chi connectivity index (χ0) is 23.1. The number of unbranched alkanes of at least 4 members (excludes halogenated alkanes) is 7. The summed E-state index contributed by atoms with van der Waals surface area (Å²) in [7, 11) is 0. The van der Waals surface area contributed by atoms with Crippen molar-refractivity contribution in [3.05, 3.63) is 41.3 Å². The third kappa shape index (κ3) is 5.99. The van der Waals surface area contributed by atoms with Crippen LogP contribution >= 0.6 is 0 Å². The fourth-order valence-corrected chi connectivity index (χ4v) is 5.19. The number of halogens is 1. The van der Waals surface area contributed by atoms with Crippen molar-refractivity contribution in [1.29, 1.82) is 0 Å². The van der Waals surface area contributed by atoms with Crippen LogP contribution in [0.5, 0.6) is 0 Å². The molecule has 32 heavy (non-hydrogen) atoms. The Balaban J connectivity index is 1.71.